The van der Waals surface area contributed by atoms with Crippen LogP contribution in [0.5, 0.6) is 5.75 Å². The number of aliphatic hydroxyl groups is 1. The molecule has 112 valence electrons. The second kappa shape index (κ2) is 7.62. The maximum absolute atomic E-state index is 10.0. The highest BCUT2D eigenvalue weighted by Crippen LogP contribution is 2.18. The van der Waals surface area contributed by atoms with Crippen LogP contribution in [0.1, 0.15) is 24.0 Å². The minimum Gasteiger partial charge on any atom is -0.496 e. The van der Waals surface area contributed by atoms with Crippen LogP contribution in [0.2, 0.25) is 0 Å². The maximum Gasteiger partial charge on any atom is 0.122 e. The molecule has 1 aliphatic rings. The van der Waals surface area contributed by atoms with Crippen molar-refractivity contribution in [2.45, 2.75) is 32.4 Å². The van der Waals surface area contributed by atoms with E-state index < -0.39 is 0 Å². The summed E-state index contributed by atoms with van der Waals surface area (Å²) in [7, 11) is 1.69. The number of nitrogens with zero attached hydrogens (tertiary/aromatic N) is 1. The summed E-state index contributed by atoms with van der Waals surface area (Å²) >= 11 is 0. The van der Waals surface area contributed by atoms with Crippen molar-refractivity contribution in [1.29, 1.82) is 0 Å². The molecular weight excluding hydrogens is 252 g/mol. The molecule has 4 nitrogen and oxygen atoms in total. The normalized spacial score (nSPS) is 17.4. The third-order valence-electron chi connectivity index (χ3n) is 3.85. The summed E-state index contributed by atoms with van der Waals surface area (Å²) in [6.45, 7) is 6.47. The van der Waals surface area contributed by atoms with E-state index in [2.05, 4.69) is 28.4 Å². The van der Waals surface area contributed by atoms with E-state index in [0.717, 1.165) is 37.5 Å². The molecule has 4 heteroatoms. The zero-order chi connectivity index (χ0) is 14.4. The van der Waals surface area contributed by atoms with Gasteiger partial charge in [0.25, 0.3) is 0 Å². The molecule has 0 aliphatic carbocycles. The van der Waals surface area contributed by atoms with E-state index in [9.17, 15) is 5.11 Å². The highest BCUT2D eigenvalue weighted by Gasteiger charge is 2.15. The lowest BCUT2D eigenvalue weighted by molar-refractivity contribution is 0.123. The largest absolute Gasteiger partial charge is 0.496 e. The average Bonchev–Trinajstić information content (AvgIpc) is 2.93. The van der Waals surface area contributed by atoms with Crippen LogP contribution in [-0.4, -0.2) is 49.4 Å². The van der Waals surface area contributed by atoms with E-state index in [1.54, 1.807) is 7.11 Å². The number of nitrogens with one attached hydrogen (secondary N) is 1. The summed E-state index contributed by atoms with van der Waals surface area (Å²) in [5.74, 6) is 0.918. The fraction of sp³-hybridized carbons (Fsp3) is 0.625. The average molecular weight is 278 g/mol. The van der Waals surface area contributed by atoms with Crippen molar-refractivity contribution in [2.75, 3.05) is 33.3 Å². The summed E-state index contributed by atoms with van der Waals surface area (Å²) in [5, 5.41) is 13.3. The lowest BCUT2D eigenvalue weighted by Gasteiger charge is -2.19. The van der Waals surface area contributed by atoms with Gasteiger partial charge in [-0.1, -0.05) is 12.1 Å². The molecule has 1 aliphatic heterocycles. The second-order valence-electron chi connectivity index (χ2n) is 5.60. The van der Waals surface area contributed by atoms with Gasteiger partial charge < -0.3 is 20.1 Å². The van der Waals surface area contributed by atoms with Gasteiger partial charge in [0.1, 0.15) is 5.75 Å². The molecule has 1 unspecified atom stereocenters. The Morgan fingerprint density at radius 3 is 2.80 bits per heavy atom. The molecule has 0 aromatic heterocycles. The monoisotopic (exact) mass is 278 g/mol. The molecule has 0 radical (unpaired) electrons. The Bertz CT molecular complexity index is 417. The van der Waals surface area contributed by atoms with Crippen molar-refractivity contribution in [3.63, 3.8) is 0 Å². The van der Waals surface area contributed by atoms with Gasteiger partial charge in [-0.2, -0.15) is 0 Å². The molecule has 2 rings (SSSR count). The fourth-order valence-corrected chi connectivity index (χ4v) is 2.69. The first-order valence-corrected chi connectivity index (χ1v) is 7.43. The number of methoxy groups -OCH3 is 1. The van der Waals surface area contributed by atoms with Crippen molar-refractivity contribution < 1.29 is 9.84 Å². The Morgan fingerprint density at radius 1 is 1.35 bits per heavy atom. The third kappa shape index (κ3) is 4.47. The van der Waals surface area contributed by atoms with E-state index in [-0.39, 0.29) is 6.10 Å². The standard InChI is InChI=1S/C16H26N2O2/c1-13-5-6-14(9-16(13)20-2)10-17-11-15(19)12-18-7-3-4-8-18/h5-6,9,15,17,19H,3-4,7-8,10-12H2,1-2H3. The molecule has 2 N–H and O–H groups in total. The third-order valence-corrected chi connectivity index (χ3v) is 3.85. The van der Waals surface area contributed by atoms with Gasteiger partial charge in [-0.3, -0.25) is 0 Å². The number of benzene rings is 1. The van der Waals surface area contributed by atoms with E-state index in [4.69, 9.17) is 4.74 Å². The molecule has 1 aromatic rings. The fourth-order valence-electron chi connectivity index (χ4n) is 2.69. The number of β-amino-alcohol motifs (C(OH)–C–C–N with tert-alkyl or cyclic N) is 1. The number of aliphatic hydroxyl groups excluding tert-OH is 1. The van der Waals surface area contributed by atoms with Crippen molar-refractivity contribution in [3.05, 3.63) is 29.3 Å². The maximum atomic E-state index is 10.0. The molecular formula is C16H26N2O2. The number of likely N-dealkylation sites (tertiary alicyclic amines) is 1. The van der Waals surface area contributed by atoms with E-state index in [1.807, 2.05) is 6.92 Å². The Morgan fingerprint density at radius 2 is 2.10 bits per heavy atom. The molecule has 1 aromatic carbocycles. The number of hydrogen-bond donors (Lipinski definition) is 2. The minimum absolute atomic E-state index is 0.291. The zero-order valence-electron chi connectivity index (χ0n) is 12.6. The van der Waals surface area contributed by atoms with Gasteiger partial charge in [0.15, 0.2) is 0 Å². The molecule has 0 spiro atoms. The molecule has 1 fully saturated rings. The van der Waals surface area contributed by atoms with Gasteiger partial charge in [0, 0.05) is 19.6 Å². The minimum atomic E-state index is -0.291. The van der Waals surface area contributed by atoms with Gasteiger partial charge in [-0.05, 0) is 50.0 Å². The molecule has 0 bridgehead atoms. The predicted molar refractivity (Wildman–Crippen MR) is 81.1 cm³/mol. The number of hydrogen-bond acceptors (Lipinski definition) is 4. The quantitative estimate of drug-likeness (QED) is 0.794. The van der Waals surface area contributed by atoms with Crippen LogP contribution in [0.15, 0.2) is 18.2 Å². The van der Waals surface area contributed by atoms with Crippen LogP contribution in [0, 0.1) is 6.92 Å². The van der Waals surface area contributed by atoms with Crippen LogP contribution in [0.25, 0.3) is 0 Å². The Kier molecular flexibility index (Phi) is 5.83. The first-order valence-electron chi connectivity index (χ1n) is 7.43. The van der Waals surface area contributed by atoms with E-state index in [0.29, 0.717) is 6.54 Å². The Labute approximate surface area is 121 Å². The van der Waals surface area contributed by atoms with Crippen LogP contribution in [0.3, 0.4) is 0 Å². The number of rotatable bonds is 7. The predicted octanol–water partition coefficient (Wildman–Crippen LogP) is 1.55. The van der Waals surface area contributed by atoms with Crippen LogP contribution >= 0.6 is 0 Å². The highest BCUT2D eigenvalue weighted by molar-refractivity contribution is 5.36. The van der Waals surface area contributed by atoms with Crippen LogP contribution < -0.4 is 10.1 Å². The van der Waals surface area contributed by atoms with E-state index in [1.165, 1.54) is 18.4 Å². The Hall–Kier alpha value is -1.10. The van der Waals surface area contributed by atoms with Gasteiger partial charge in [0.2, 0.25) is 0 Å². The smallest absolute Gasteiger partial charge is 0.122 e. The molecule has 0 amide bonds. The number of ether oxygens (including phenoxy) is 1. The zero-order valence-corrected chi connectivity index (χ0v) is 12.6. The van der Waals surface area contributed by atoms with Crippen molar-refractivity contribution in [2.24, 2.45) is 0 Å². The summed E-state index contributed by atoms with van der Waals surface area (Å²) in [5.41, 5.74) is 2.33. The van der Waals surface area contributed by atoms with E-state index >= 15 is 0 Å². The summed E-state index contributed by atoms with van der Waals surface area (Å²) in [4.78, 5) is 2.33. The van der Waals surface area contributed by atoms with Gasteiger partial charge in [0.05, 0.1) is 13.2 Å². The van der Waals surface area contributed by atoms with Gasteiger partial charge >= 0.3 is 0 Å². The molecule has 1 heterocycles. The summed E-state index contributed by atoms with van der Waals surface area (Å²) in [6.07, 6.45) is 2.24. The van der Waals surface area contributed by atoms with Crippen molar-refractivity contribution >= 4 is 0 Å². The second-order valence-corrected chi connectivity index (χ2v) is 5.60. The Balaban J connectivity index is 1.72. The van der Waals surface area contributed by atoms with Crippen LogP contribution in [0.4, 0.5) is 0 Å². The summed E-state index contributed by atoms with van der Waals surface area (Å²) in [6, 6.07) is 6.21. The lowest BCUT2D eigenvalue weighted by atomic mass is 10.1. The SMILES string of the molecule is COc1cc(CNCC(O)CN2CCCC2)ccc1C. The topological polar surface area (TPSA) is 44.7 Å². The van der Waals surface area contributed by atoms with Crippen molar-refractivity contribution in [3.8, 4) is 5.75 Å². The van der Waals surface area contributed by atoms with Crippen molar-refractivity contribution in [1.82, 2.24) is 10.2 Å². The molecule has 20 heavy (non-hydrogen) atoms. The lowest BCUT2D eigenvalue weighted by Crippen LogP contribution is -2.36. The molecule has 1 saturated heterocycles. The summed E-state index contributed by atoms with van der Waals surface area (Å²) < 4.78 is 5.32. The molecule has 0 saturated carbocycles. The van der Waals surface area contributed by atoms with Gasteiger partial charge in [-0.15, -0.1) is 0 Å². The number of aryl methyl sites for hydroxylation is 1. The first-order chi connectivity index (χ1) is 9.69. The van der Waals surface area contributed by atoms with Gasteiger partial charge in [-0.25, -0.2) is 0 Å². The van der Waals surface area contributed by atoms with Crippen LogP contribution in [-0.2, 0) is 6.54 Å². The first kappa shape index (κ1) is 15.3. The highest BCUT2D eigenvalue weighted by atomic mass is 16.5. The molecule has 1 atom stereocenters.